The van der Waals surface area contributed by atoms with Crippen LogP contribution in [0.2, 0.25) is 0 Å². The molecule has 3 heterocycles. The standard InChI is InChI=1S/C28H32N4O5/c1-32(2)27(33)22-12-17(8-9-24(22)31-28(34)37-19-10-11-36-16-19)18-13-21-23(15-30-26(21)29-14-18)20-6-4-5-7-25(20)35-3/h4-9,12,15,18-19,29-30H,10-11,13-14,16H2,1-3H3,(H,31,34). The van der Waals surface area contributed by atoms with E-state index in [1.165, 1.54) is 10.5 Å². The highest BCUT2D eigenvalue weighted by Crippen LogP contribution is 2.40. The molecule has 0 saturated carbocycles. The first-order chi connectivity index (χ1) is 17.9. The number of fused-ring (bicyclic) bond motifs is 1. The maximum absolute atomic E-state index is 13.1. The van der Waals surface area contributed by atoms with Crippen LogP contribution in [0.25, 0.3) is 11.1 Å². The van der Waals surface area contributed by atoms with Crippen molar-refractivity contribution in [3.8, 4) is 16.9 Å². The number of methoxy groups -OCH3 is 1. The molecular weight excluding hydrogens is 472 g/mol. The van der Waals surface area contributed by atoms with E-state index in [0.717, 1.165) is 34.7 Å². The van der Waals surface area contributed by atoms with Gasteiger partial charge in [0.15, 0.2) is 0 Å². The van der Waals surface area contributed by atoms with Crippen LogP contribution in [-0.2, 0) is 15.9 Å². The highest BCUT2D eigenvalue weighted by atomic mass is 16.6. The smallest absolute Gasteiger partial charge is 0.412 e. The van der Waals surface area contributed by atoms with E-state index in [-0.39, 0.29) is 17.9 Å². The molecule has 9 nitrogen and oxygen atoms in total. The molecule has 2 amide bonds. The largest absolute Gasteiger partial charge is 0.496 e. The first kappa shape index (κ1) is 24.7. The average molecular weight is 505 g/mol. The summed E-state index contributed by atoms with van der Waals surface area (Å²) in [6, 6.07) is 13.6. The Morgan fingerprint density at radius 3 is 2.73 bits per heavy atom. The Labute approximate surface area is 216 Å². The number of hydrogen-bond acceptors (Lipinski definition) is 6. The summed E-state index contributed by atoms with van der Waals surface area (Å²) in [5, 5.41) is 6.26. The molecule has 2 unspecified atom stereocenters. The summed E-state index contributed by atoms with van der Waals surface area (Å²) >= 11 is 0. The minimum atomic E-state index is -0.589. The number of aromatic amines is 1. The van der Waals surface area contributed by atoms with Crippen LogP contribution in [0.4, 0.5) is 16.3 Å². The fraction of sp³-hybridized carbons (Fsp3) is 0.357. The van der Waals surface area contributed by atoms with Gasteiger partial charge in [-0.05, 0) is 30.2 Å². The van der Waals surface area contributed by atoms with Gasteiger partial charge in [0, 0.05) is 55.9 Å². The van der Waals surface area contributed by atoms with Crippen molar-refractivity contribution in [1.82, 2.24) is 9.88 Å². The van der Waals surface area contributed by atoms with Crippen LogP contribution >= 0.6 is 0 Å². The van der Waals surface area contributed by atoms with E-state index in [9.17, 15) is 9.59 Å². The van der Waals surface area contributed by atoms with Crippen molar-refractivity contribution in [2.75, 3.05) is 51.6 Å². The predicted octanol–water partition coefficient (Wildman–Crippen LogP) is 4.48. The summed E-state index contributed by atoms with van der Waals surface area (Å²) in [6.07, 6.45) is 2.60. The topological polar surface area (TPSA) is 105 Å². The van der Waals surface area contributed by atoms with Gasteiger partial charge in [-0.1, -0.05) is 24.3 Å². The van der Waals surface area contributed by atoms with Gasteiger partial charge in [-0.3, -0.25) is 10.1 Å². The first-order valence-electron chi connectivity index (χ1n) is 12.4. The molecule has 0 spiro atoms. The SMILES string of the molecule is COc1ccccc1-c1c[nH]c2c1CC(c1ccc(NC(=O)OC3CCOC3)c(C(=O)N(C)C)c1)CN2. The lowest BCUT2D eigenvalue weighted by atomic mass is 9.86. The van der Waals surface area contributed by atoms with E-state index in [1.807, 2.05) is 36.5 Å². The zero-order valence-corrected chi connectivity index (χ0v) is 21.3. The lowest BCUT2D eigenvalue weighted by Crippen LogP contribution is -2.27. The van der Waals surface area contributed by atoms with E-state index < -0.39 is 6.09 Å². The van der Waals surface area contributed by atoms with Crippen LogP contribution in [-0.4, -0.2) is 69.0 Å². The Kier molecular flexibility index (Phi) is 7.05. The number of para-hydroxylation sites is 1. The highest BCUT2D eigenvalue weighted by Gasteiger charge is 2.27. The van der Waals surface area contributed by atoms with Crippen LogP contribution in [0.15, 0.2) is 48.7 Å². The zero-order valence-electron chi connectivity index (χ0n) is 21.3. The van der Waals surface area contributed by atoms with Crippen molar-refractivity contribution in [3.05, 3.63) is 65.4 Å². The Balaban J connectivity index is 1.41. The number of nitrogens with one attached hydrogen (secondary N) is 3. The van der Waals surface area contributed by atoms with Crippen LogP contribution < -0.4 is 15.4 Å². The molecule has 3 aromatic rings. The summed E-state index contributed by atoms with van der Waals surface area (Å²) in [5.41, 5.74) is 5.15. The van der Waals surface area contributed by atoms with Gasteiger partial charge >= 0.3 is 6.09 Å². The summed E-state index contributed by atoms with van der Waals surface area (Å²) in [4.78, 5) is 30.4. The monoisotopic (exact) mass is 504 g/mol. The minimum absolute atomic E-state index is 0.127. The molecule has 9 heteroatoms. The van der Waals surface area contributed by atoms with Crippen LogP contribution in [0, 0.1) is 0 Å². The maximum Gasteiger partial charge on any atom is 0.412 e. The number of amides is 2. The van der Waals surface area contributed by atoms with Gasteiger partial charge in [0.2, 0.25) is 0 Å². The Morgan fingerprint density at radius 2 is 1.97 bits per heavy atom. The van der Waals surface area contributed by atoms with Gasteiger partial charge < -0.3 is 29.4 Å². The van der Waals surface area contributed by atoms with Gasteiger partial charge in [0.05, 0.1) is 31.6 Å². The number of anilines is 2. The molecule has 0 bridgehead atoms. The second-order valence-electron chi connectivity index (χ2n) is 9.56. The summed E-state index contributed by atoms with van der Waals surface area (Å²) in [6.45, 7) is 1.68. The van der Waals surface area contributed by atoms with Gasteiger partial charge in [-0.15, -0.1) is 0 Å². The van der Waals surface area contributed by atoms with Crippen LogP contribution in [0.1, 0.15) is 33.8 Å². The number of aromatic nitrogens is 1. The number of hydrogen-bond donors (Lipinski definition) is 3. The Bertz CT molecular complexity index is 1300. The molecule has 1 fully saturated rings. The van der Waals surface area contributed by atoms with Gasteiger partial charge in [0.1, 0.15) is 17.7 Å². The Hall–Kier alpha value is -3.98. The van der Waals surface area contributed by atoms with Crippen molar-refractivity contribution >= 4 is 23.5 Å². The number of nitrogens with zero attached hydrogens (tertiary/aromatic N) is 1. The number of ether oxygens (including phenoxy) is 3. The molecule has 37 heavy (non-hydrogen) atoms. The molecule has 5 rings (SSSR count). The minimum Gasteiger partial charge on any atom is -0.496 e. The first-order valence-corrected chi connectivity index (χ1v) is 12.4. The van der Waals surface area contributed by atoms with Crippen molar-refractivity contribution in [2.45, 2.75) is 24.9 Å². The van der Waals surface area contributed by atoms with Gasteiger partial charge in [-0.2, -0.15) is 0 Å². The normalized spacial score (nSPS) is 18.5. The highest BCUT2D eigenvalue weighted by molar-refractivity contribution is 6.02. The lowest BCUT2D eigenvalue weighted by Gasteiger charge is -2.26. The number of rotatable bonds is 6. The maximum atomic E-state index is 13.1. The van der Waals surface area contributed by atoms with Crippen LogP contribution in [0.3, 0.4) is 0 Å². The second kappa shape index (κ2) is 10.6. The van der Waals surface area contributed by atoms with E-state index in [1.54, 1.807) is 27.3 Å². The van der Waals surface area contributed by atoms with Crippen molar-refractivity contribution in [3.63, 3.8) is 0 Å². The third-order valence-corrected chi connectivity index (χ3v) is 6.91. The van der Waals surface area contributed by atoms with Crippen molar-refractivity contribution < 1.29 is 23.8 Å². The van der Waals surface area contributed by atoms with Gasteiger partial charge in [-0.25, -0.2) is 4.79 Å². The molecule has 194 valence electrons. The zero-order chi connectivity index (χ0) is 25.9. The summed E-state index contributed by atoms with van der Waals surface area (Å²) in [7, 11) is 5.07. The summed E-state index contributed by atoms with van der Waals surface area (Å²) < 4.78 is 16.3. The number of carbonyl (C=O) groups is 2. The van der Waals surface area contributed by atoms with Gasteiger partial charge in [0.25, 0.3) is 5.91 Å². The van der Waals surface area contributed by atoms with E-state index >= 15 is 0 Å². The van der Waals surface area contributed by atoms with Crippen molar-refractivity contribution in [2.24, 2.45) is 0 Å². The molecular formula is C28H32N4O5. The molecule has 0 aliphatic carbocycles. The van der Waals surface area contributed by atoms with E-state index in [4.69, 9.17) is 14.2 Å². The molecule has 1 saturated heterocycles. The van der Waals surface area contributed by atoms with Crippen LogP contribution in [0.5, 0.6) is 5.75 Å². The third-order valence-electron chi connectivity index (χ3n) is 6.91. The van der Waals surface area contributed by atoms with E-state index in [2.05, 4.69) is 21.7 Å². The van der Waals surface area contributed by atoms with Crippen molar-refractivity contribution in [1.29, 1.82) is 0 Å². The number of carbonyl (C=O) groups excluding carboxylic acids is 2. The Morgan fingerprint density at radius 1 is 1.14 bits per heavy atom. The fourth-order valence-corrected chi connectivity index (χ4v) is 4.95. The number of H-pyrrole nitrogens is 1. The predicted molar refractivity (Wildman–Crippen MR) is 142 cm³/mol. The number of benzene rings is 2. The average Bonchev–Trinajstić information content (AvgIpc) is 3.57. The van der Waals surface area contributed by atoms with E-state index in [0.29, 0.717) is 37.4 Å². The molecule has 2 aromatic carbocycles. The molecule has 2 aliphatic heterocycles. The lowest BCUT2D eigenvalue weighted by molar-refractivity contribution is 0.0828. The molecule has 3 N–H and O–H groups in total. The third kappa shape index (κ3) is 5.13. The molecule has 2 aliphatic rings. The molecule has 0 radical (unpaired) electrons. The quantitative estimate of drug-likeness (QED) is 0.457. The molecule has 2 atom stereocenters. The fourth-order valence-electron chi connectivity index (χ4n) is 4.95. The molecule has 1 aromatic heterocycles. The summed E-state index contributed by atoms with van der Waals surface area (Å²) in [5.74, 6) is 1.75. The second-order valence-corrected chi connectivity index (χ2v) is 9.56.